The fourth-order valence-electron chi connectivity index (χ4n) is 3.96. The standard InChI is InChI=1S/C26H32F2N8O4/c1-17-20(36(33-30-17)19-7-5-18(6-8-19)24(27)28)16-39-22-10-9-21(31-32-22)35-14-13-34(23(37)15-35)12-11-29-25(38)40-26(2,3)4/h5-10,24H,11-16H2,1-4H3,(H,29,38). The molecule has 40 heavy (non-hydrogen) atoms. The summed E-state index contributed by atoms with van der Waals surface area (Å²) in [4.78, 5) is 27.9. The zero-order valence-electron chi connectivity index (χ0n) is 22.8. The van der Waals surface area contributed by atoms with Crippen molar-refractivity contribution < 1.29 is 27.8 Å². The molecule has 0 saturated carbocycles. The van der Waals surface area contributed by atoms with Crippen molar-refractivity contribution in [2.24, 2.45) is 0 Å². The van der Waals surface area contributed by atoms with Gasteiger partial charge >= 0.3 is 6.09 Å². The van der Waals surface area contributed by atoms with Crippen molar-refractivity contribution in [2.75, 3.05) is 37.6 Å². The average Bonchev–Trinajstić information content (AvgIpc) is 3.27. The zero-order chi connectivity index (χ0) is 28.9. The van der Waals surface area contributed by atoms with Crippen molar-refractivity contribution in [3.8, 4) is 11.6 Å². The van der Waals surface area contributed by atoms with E-state index in [0.717, 1.165) is 0 Å². The van der Waals surface area contributed by atoms with Crippen LogP contribution < -0.4 is 15.0 Å². The van der Waals surface area contributed by atoms with E-state index in [4.69, 9.17) is 9.47 Å². The minimum Gasteiger partial charge on any atom is -0.470 e. The van der Waals surface area contributed by atoms with Crippen molar-refractivity contribution in [1.29, 1.82) is 0 Å². The Balaban J connectivity index is 1.28. The van der Waals surface area contributed by atoms with E-state index >= 15 is 0 Å². The minimum absolute atomic E-state index is 0.0768. The first-order valence-electron chi connectivity index (χ1n) is 12.8. The first-order valence-corrected chi connectivity index (χ1v) is 12.8. The molecule has 1 aromatic carbocycles. The highest BCUT2D eigenvalue weighted by molar-refractivity contribution is 5.82. The van der Waals surface area contributed by atoms with Gasteiger partial charge in [0.15, 0.2) is 5.82 Å². The second kappa shape index (κ2) is 12.2. The second-order valence-corrected chi connectivity index (χ2v) is 10.2. The van der Waals surface area contributed by atoms with E-state index in [1.54, 1.807) is 56.9 Å². The van der Waals surface area contributed by atoms with E-state index in [1.807, 2.05) is 4.90 Å². The molecule has 1 aliphatic rings. The van der Waals surface area contributed by atoms with Gasteiger partial charge < -0.3 is 24.6 Å². The van der Waals surface area contributed by atoms with Gasteiger partial charge in [-0.2, -0.15) is 0 Å². The lowest BCUT2D eigenvalue weighted by molar-refractivity contribution is -0.130. The van der Waals surface area contributed by atoms with Crippen LogP contribution in [0.3, 0.4) is 0 Å². The predicted molar refractivity (Wildman–Crippen MR) is 140 cm³/mol. The van der Waals surface area contributed by atoms with Crippen molar-refractivity contribution in [1.82, 2.24) is 35.4 Å². The number of aryl methyl sites for hydroxylation is 1. The number of piperazine rings is 1. The molecule has 0 unspecified atom stereocenters. The zero-order valence-corrected chi connectivity index (χ0v) is 22.8. The highest BCUT2D eigenvalue weighted by Gasteiger charge is 2.25. The third-order valence-electron chi connectivity index (χ3n) is 6.02. The Bertz CT molecular complexity index is 1310. The van der Waals surface area contributed by atoms with Crippen LogP contribution in [0.2, 0.25) is 0 Å². The number of hydrogen-bond acceptors (Lipinski definition) is 9. The minimum atomic E-state index is -2.55. The summed E-state index contributed by atoms with van der Waals surface area (Å²) in [7, 11) is 0. The maximum atomic E-state index is 12.9. The van der Waals surface area contributed by atoms with Crippen LogP contribution in [0.4, 0.5) is 19.4 Å². The first kappa shape index (κ1) is 28.6. The Morgan fingerprint density at radius 2 is 1.82 bits per heavy atom. The Hall–Kier alpha value is -4.36. The number of ether oxygens (including phenoxy) is 2. The third kappa shape index (κ3) is 7.39. The van der Waals surface area contributed by atoms with Crippen LogP contribution in [-0.4, -0.2) is 80.4 Å². The Morgan fingerprint density at radius 3 is 2.45 bits per heavy atom. The number of carbonyl (C=O) groups excluding carboxylic acids is 2. The van der Waals surface area contributed by atoms with Crippen molar-refractivity contribution >= 4 is 17.8 Å². The Morgan fingerprint density at radius 1 is 1.07 bits per heavy atom. The van der Waals surface area contributed by atoms with Gasteiger partial charge in [0.25, 0.3) is 6.43 Å². The average molecular weight is 559 g/mol. The lowest BCUT2D eigenvalue weighted by Crippen LogP contribution is -2.52. The number of halogens is 2. The van der Waals surface area contributed by atoms with E-state index in [9.17, 15) is 18.4 Å². The molecule has 1 saturated heterocycles. The van der Waals surface area contributed by atoms with Crippen LogP contribution in [0.5, 0.6) is 5.88 Å². The number of carbonyl (C=O) groups is 2. The van der Waals surface area contributed by atoms with Gasteiger partial charge in [0.2, 0.25) is 11.8 Å². The molecule has 2 aromatic heterocycles. The maximum absolute atomic E-state index is 12.9. The molecule has 3 aromatic rings. The number of anilines is 1. The number of alkyl carbamates (subject to hydrolysis) is 1. The maximum Gasteiger partial charge on any atom is 0.407 e. The molecule has 0 bridgehead atoms. The molecule has 2 amide bonds. The van der Waals surface area contributed by atoms with Crippen LogP contribution >= 0.6 is 0 Å². The number of rotatable bonds is 9. The number of alkyl halides is 2. The van der Waals surface area contributed by atoms with Gasteiger partial charge in [0.1, 0.15) is 17.9 Å². The van der Waals surface area contributed by atoms with Crippen molar-refractivity contribution in [3.05, 3.63) is 53.3 Å². The van der Waals surface area contributed by atoms with Crippen LogP contribution in [0, 0.1) is 6.92 Å². The Kier molecular flexibility index (Phi) is 8.75. The van der Waals surface area contributed by atoms with Crippen LogP contribution in [0.25, 0.3) is 5.69 Å². The molecule has 3 heterocycles. The summed E-state index contributed by atoms with van der Waals surface area (Å²) in [5.74, 6) is 0.716. The summed E-state index contributed by atoms with van der Waals surface area (Å²) in [6.07, 6.45) is -3.07. The molecule has 1 fully saturated rings. The summed E-state index contributed by atoms with van der Waals surface area (Å²) in [6.45, 7) is 9.05. The van der Waals surface area contributed by atoms with Gasteiger partial charge in [-0.3, -0.25) is 4.79 Å². The quantitative estimate of drug-likeness (QED) is 0.421. The SMILES string of the molecule is Cc1nnn(-c2ccc(C(F)F)cc2)c1COc1ccc(N2CCN(CCNC(=O)OC(C)(C)C)C(=O)C2)nn1. The fraction of sp³-hybridized carbons (Fsp3) is 0.462. The molecule has 12 nitrogen and oxygen atoms in total. The molecule has 0 aliphatic carbocycles. The molecule has 0 radical (unpaired) electrons. The highest BCUT2D eigenvalue weighted by atomic mass is 19.3. The van der Waals surface area contributed by atoms with Gasteiger partial charge in [-0.25, -0.2) is 18.3 Å². The second-order valence-electron chi connectivity index (χ2n) is 10.2. The molecule has 1 N–H and O–H groups in total. The number of benzene rings is 1. The highest BCUT2D eigenvalue weighted by Crippen LogP contribution is 2.22. The van der Waals surface area contributed by atoms with Gasteiger partial charge in [-0.05, 0) is 45.9 Å². The molecular formula is C26H32F2N8O4. The van der Waals surface area contributed by atoms with Crippen LogP contribution in [-0.2, 0) is 16.1 Å². The summed E-state index contributed by atoms with van der Waals surface area (Å²) in [5.41, 5.74) is 1.18. The molecular weight excluding hydrogens is 526 g/mol. The van der Waals surface area contributed by atoms with Gasteiger partial charge in [-0.1, -0.05) is 17.3 Å². The smallest absolute Gasteiger partial charge is 0.407 e. The number of nitrogens with one attached hydrogen (secondary N) is 1. The van der Waals surface area contributed by atoms with E-state index in [2.05, 4.69) is 25.8 Å². The lowest BCUT2D eigenvalue weighted by atomic mass is 10.2. The number of hydrogen-bond donors (Lipinski definition) is 1. The fourth-order valence-corrected chi connectivity index (χ4v) is 3.96. The van der Waals surface area contributed by atoms with E-state index in [-0.39, 0.29) is 30.5 Å². The summed E-state index contributed by atoms with van der Waals surface area (Å²) in [6, 6.07) is 9.17. The molecule has 4 rings (SSSR count). The van der Waals surface area contributed by atoms with Gasteiger partial charge in [0.05, 0.1) is 17.9 Å². The van der Waals surface area contributed by atoms with E-state index in [1.165, 1.54) is 16.8 Å². The van der Waals surface area contributed by atoms with Gasteiger partial charge in [-0.15, -0.1) is 15.3 Å². The van der Waals surface area contributed by atoms with Gasteiger partial charge in [0, 0.05) is 37.8 Å². The monoisotopic (exact) mass is 558 g/mol. The molecule has 1 aliphatic heterocycles. The molecule has 14 heteroatoms. The number of aromatic nitrogens is 5. The Labute approximate surface area is 230 Å². The summed E-state index contributed by atoms with van der Waals surface area (Å²) < 4.78 is 38.3. The largest absolute Gasteiger partial charge is 0.470 e. The molecule has 0 spiro atoms. The lowest BCUT2D eigenvalue weighted by Gasteiger charge is -2.34. The van der Waals surface area contributed by atoms with E-state index in [0.29, 0.717) is 49.1 Å². The summed E-state index contributed by atoms with van der Waals surface area (Å²) in [5, 5.41) is 19.2. The topological polar surface area (TPSA) is 128 Å². The van der Waals surface area contributed by atoms with Crippen LogP contribution in [0.15, 0.2) is 36.4 Å². The number of nitrogens with zero attached hydrogens (tertiary/aromatic N) is 7. The van der Waals surface area contributed by atoms with Crippen LogP contribution in [0.1, 0.15) is 44.1 Å². The van der Waals surface area contributed by atoms with E-state index < -0.39 is 18.1 Å². The van der Waals surface area contributed by atoms with Crippen molar-refractivity contribution in [2.45, 2.75) is 46.3 Å². The normalized spacial score (nSPS) is 14.0. The third-order valence-corrected chi connectivity index (χ3v) is 6.02. The molecule has 214 valence electrons. The summed E-state index contributed by atoms with van der Waals surface area (Å²) >= 11 is 0. The number of amides is 2. The van der Waals surface area contributed by atoms with Crippen molar-refractivity contribution in [3.63, 3.8) is 0 Å². The molecule has 0 atom stereocenters. The first-order chi connectivity index (χ1) is 19.0. The predicted octanol–water partition coefficient (Wildman–Crippen LogP) is 3.06.